The number of carbonyl (C=O) groups excluding carboxylic acids is 3. The van der Waals surface area contributed by atoms with Gasteiger partial charge in [-0.25, -0.2) is 0 Å². The third-order valence-electron chi connectivity index (χ3n) is 12.3. The number of hydrogen-bond acceptors (Lipinski definition) is 9. The Labute approximate surface area is 429 Å². The van der Waals surface area contributed by atoms with Crippen molar-refractivity contribution in [3.05, 3.63) is 215 Å². The number of carbonyl (C=O) groups is 3. The van der Waals surface area contributed by atoms with Gasteiger partial charge in [-0.05, 0) is 104 Å². The van der Waals surface area contributed by atoms with E-state index in [0.717, 1.165) is 73.6 Å². The van der Waals surface area contributed by atoms with Crippen LogP contribution in [0.3, 0.4) is 0 Å². The highest BCUT2D eigenvalue weighted by molar-refractivity contribution is 5.87. The average molecular weight is 976 g/mol. The Balaban J connectivity index is 0.000000235. The van der Waals surface area contributed by atoms with Crippen LogP contribution in [-0.2, 0) is 27.2 Å². The minimum atomic E-state index is -0.320. The Kier molecular flexibility index (Phi) is 28.0. The van der Waals surface area contributed by atoms with Crippen LogP contribution in [0.4, 0.5) is 0 Å². The molecule has 72 heavy (non-hydrogen) atoms. The van der Waals surface area contributed by atoms with Gasteiger partial charge in [0.25, 0.3) is 0 Å². The summed E-state index contributed by atoms with van der Waals surface area (Å²) in [5.41, 5.74) is 41.1. The number of hydrogen-bond donors (Lipinski definition) is 9. The third-order valence-corrected chi connectivity index (χ3v) is 12.3. The van der Waals surface area contributed by atoms with Crippen LogP contribution in [0, 0.1) is 5.92 Å². The second kappa shape index (κ2) is 34.8. The minimum absolute atomic E-state index is 0.0226. The zero-order chi connectivity index (χ0) is 51.6. The van der Waals surface area contributed by atoms with Gasteiger partial charge >= 0.3 is 0 Å². The molecule has 0 aliphatic carbocycles. The van der Waals surface area contributed by atoms with E-state index in [-0.39, 0.29) is 53.6 Å². The Hall–Kier alpha value is -6.51. The fourth-order valence-electron chi connectivity index (χ4n) is 8.30. The average Bonchev–Trinajstić information content (AvgIpc) is 3.42. The number of amides is 3. The van der Waals surface area contributed by atoms with Crippen LogP contribution in [0.2, 0.25) is 0 Å². The highest BCUT2D eigenvalue weighted by Crippen LogP contribution is 2.28. The number of rotatable bonds is 27. The van der Waals surface area contributed by atoms with Crippen LogP contribution >= 0.6 is 0 Å². The summed E-state index contributed by atoms with van der Waals surface area (Å²) in [6.07, 6.45) is 6.98. The summed E-state index contributed by atoms with van der Waals surface area (Å²) in [5.74, 6) is -0.310. The standard InChI is InChI=1S/C21H29N3O.C20H27N3O.C19H25N3O/c22-13-7-12-20(23)16-24-21(25)19(14-17-8-3-1-4-9-17)15-18-10-5-2-6-11-18;21-13-7-12-18(22)15-23-20(24)14-19(16-8-3-1-4-9-16)17-10-5-2-6-11-17;20-13-7-12-17(21)14-22-19(23)18(15-8-3-1-4-9-15)16-10-5-2-6-11-16/h1-6,8-11,19-20H,7,12-16,22-23H2,(H,24,25);1-6,8-11,18-19H,7,12-15,21-22H2,(H,23,24);1-6,8-11,17-18H,7,12-14,20-21H2,(H,22,23)/t20-;18-;17-/m000/s1. The molecule has 0 saturated heterocycles. The first-order valence-corrected chi connectivity index (χ1v) is 25.6. The second-order valence-electron chi connectivity index (χ2n) is 18.3. The lowest BCUT2D eigenvalue weighted by molar-refractivity contribution is -0.125. The molecule has 15 N–H and O–H groups in total. The molecule has 0 fully saturated rings. The van der Waals surface area contributed by atoms with Gasteiger partial charge in [-0.1, -0.05) is 182 Å². The molecule has 384 valence electrons. The van der Waals surface area contributed by atoms with Crippen molar-refractivity contribution in [2.75, 3.05) is 39.3 Å². The van der Waals surface area contributed by atoms with E-state index in [2.05, 4.69) is 64.5 Å². The highest BCUT2D eigenvalue weighted by Gasteiger charge is 2.23. The van der Waals surface area contributed by atoms with E-state index in [9.17, 15) is 14.4 Å². The normalized spacial score (nSPS) is 12.1. The van der Waals surface area contributed by atoms with E-state index >= 15 is 0 Å². The Morgan fingerprint density at radius 1 is 0.389 bits per heavy atom. The van der Waals surface area contributed by atoms with Crippen molar-refractivity contribution in [1.29, 1.82) is 0 Å². The zero-order valence-corrected chi connectivity index (χ0v) is 42.1. The van der Waals surface area contributed by atoms with Gasteiger partial charge < -0.3 is 50.4 Å². The van der Waals surface area contributed by atoms with Gasteiger partial charge in [-0.3, -0.25) is 14.4 Å². The van der Waals surface area contributed by atoms with Crippen molar-refractivity contribution in [2.45, 2.75) is 87.7 Å². The number of nitrogens with one attached hydrogen (secondary N) is 3. The van der Waals surface area contributed by atoms with Gasteiger partial charge in [0.1, 0.15) is 0 Å². The van der Waals surface area contributed by atoms with Crippen LogP contribution in [0.25, 0.3) is 0 Å². The van der Waals surface area contributed by atoms with Gasteiger partial charge in [0.05, 0.1) is 5.92 Å². The van der Waals surface area contributed by atoms with Crippen LogP contribution in [0.1, 0.15) is 90.2 Å². The summed E-state index contributed by atoms with van der Waals surface area (Å²) in [5, 5.41) is 8.97. The summed E-state index contributed by atoms with van der Waals surface area (Å²) >= 11 is 0. The predicted molar refractivity (Wildman–Crippen MR) is 296 cm³/mol. The first-order chi connectivity index (χ1) is 35.1. The molecule has 0 saturated carbocycles. The molecule has 0 bridgehead atoms. The van der Waals surface area contributed by atoms with Crippen LogP contribution in [0.5, 0.6) is 0 Å². The lowest BCUT2D eigenvalue weighted by atomic mass is 9.88. The second-order valence-corrected chi connectivity index (χ2v) is 18.3. The summed E-state index contributed by atoms with van der Waals surface area (Å²) in [6.45, 7) is 3.35. The summed E-state index contributed by atoms with van der Waals surface area (Å²) < 4.78 is 0. The molecule has 0 aromatic heterocycles. The lowest BCUT2D eigenvalue weighted by Gasteiger charge is -2.19. The molecule has 3 atom stereocenters. The van der Waals surface area contributed by atoms with Gasteiger partial charge in [0, 0.05) is 56.0 Å². The molecule has 0 unspecified atom stereocenters. The zero-order valence-electron chi connectivity index (χ0n) is 42.1. The molecule has 0 heterocycles. The maximum Gasteiger partial charge on any atom is 0.232 e. The maximum atomic E-state index is 12.7. The maximum absolute atomic E-state index is 12.7. The molecular weight excluding hydrogens is 895 g/mol. The number of benzene rings is 6. The number of nitrogens with two attached hydrogens (primary N) is 6. The van der Waals surface area contributed by atoms with Crippen LogP contribution < -0.4 is 50.4 Å². The first kappa shape index (κ1) is 58.1. The topological polar surface area (TPSA) is 243 Å². The monoisotopic (exact) mass is 976 g/mol. The van der Waals surface area contributed by atoms with E-state index in [1.54, 1.807) is 0 Å². The molecule has 0 radical (unpaired) electrons. The van der Waals surface area contributed by atoms with E-state index in [0.29, 0.717) is 45.7 Å². The van der Waals surface area contributed by atoms with E-state index in [1.165, 1.54) is 11.1 Å². The van der Waals surface area contributed by atoms with E-state index < -0.39 is 0 Å². The molecule has 6 aromatic rings. The molecule has 3 amide bonds. The van der Waals surface area contributed by atoms with Gasteiger partial charge in [-0.15, -0.1) is 0 Å². The lowest BCUT2D eigenvalue weighted by Crippen LogP contribution is -2.41. The Morgan fingerprint density at radius 3 is 1.04 bits per heavy atom. The predicted octanol–water partition coefficient (Wildman–Crippen LogP) is 6.66. The van der Waals surface area contributed by atoms with Gasteiger partial charge in [-0.2, -0.15) is 0 Å². The summed E-state index contributed by atoms with van der Waals surface area (Å²) in [4.78, 5) is 37.9. The van der Waals surface area contributed by atoms with Crippen molar-refractivity contribution in [3.8, 4) is 0 Å². The molecule has 12 nitrogen and oxygen atoms in total. The van der Waals surface area contributed by atoms with Gasteiger partial charge in [0.15, 0.2) is 0 Å². The fraction of sp³-hybridized carbons (Fsp3) is 0.350. The first-order valence-electron chi connectivity index (χ1n) is 25.6. The van der Waals surface area contributed by atoms with Gasteiger partial charge in [0.2, 0.25) is 17.7 Å². The molecule has 0 aliphatic heterocycles. The summed E-state index contributed by atoms with van der Waals surface area (Å²) in [6, 6.07) is 60.0. The SMILES string of the molecule is NCCC[C@H](N)CNC(=O)C(Cc1ccccc1)Cc1ccccc1.NCCC[C@H](N)CNC(=O)C(c1ccccc1)c1ccccc1.NCCC[C@H](N)CNC(=O)CC(c1ccccc1)c1ccccc1. The molecule has 0 aliphatic rings. The largest absolute Gasteiger partial charge is 0.355 e. The fourth-order valence-corrected chi connectivity index (χ4v) is 8.30. The highest BCUT2D eigenvalue weighted by atomic mass is 16.2. The van der Waals surface area contributed by atoms with Crippen molar-refractivity contribution >= 4 is 17.7 Å². The minimum Gasteiger partial charge on any atom is -0.355 e. The summed E-state index contributed by atoms with van der Waals surface area (Å²) in [7, 11) is 0. The van der Waals surface area contributed by atoms with Crippen molar-refractivity contribution in [3.63, 3.8) is 0 Å². The molecule has 6 rings (SSSR count). The van der Waals surface area contributed by atoms with Crippen molar-refractivity contribution in [1.82, 2.24) is 16.0 Å². The van der Waals surface area contributed by atoms with E-state index in [4.69, 9.17) is 34.4 Å². The molecule has 0 spiro atoms. The van der Waals surface area contributed by atoms with Crippen LogP contribution in [-0.4, -0.2) is 75.1 Å². The van der Waals surface area contributed by atoms with Crippen molar-refractivity contribution in [2.24, 2.45) is 40.3 Å². The molecule has 6 aromatic carbocycles. The Bertz CT molecular complexity index is 2210. The molecule has 12 heteroatoms. The van der Waals surface area contributed by atoms with E-state index in [1.807, 2.05) is 133 Å². The smallest absolute Gasteiger partial charge is 0.232 e. The molecular formula is C60H81N9O3. The van der Waals surface area contributed by atoms with Crippen molar-refractivity contribution < 1.29 is 14.4 Å². The van der Waals surface area contributed by atoms with Crippen LogP contribution in [0.15, 0.2) is 182 Å². The quantitative estimate of drug-likeness (QED) is 0.0268. The third kappa shape index (κ3) is 22.7. The Morgan fingerprint density at radius 2 is 0.694 bits per heavy atom.